The van der Waals surface area contributed by atoms with Gasteiger partial charge in [-0.3, -0.25) is 4.79 Å². The van der Waals surface area contributed by atoms with Gasteiger partial charge in [-0.15, -0.1) is 0 Å². The van der Waals surface area contributed by atoms with E-state index in [1.807, 2.05) is 24.3 Å². The molecule has 0 radical (unpaired) electrons. The lowest BCUT2D eigenvalue weighted by Gasteiger charge is -2.35. The number of aryl methyl sites for hydroxylation is 2. The Labute approximate surface area is 254 Å². The molecule has 0 bridgehead atoms. The highest BCUT2D eigenvalue weighted by atomic mass is 35.5. The van der Waals surface area contributed by atoms with Crippen LogP contribution in [0.5, 0.6) is 0 Å². The molecule has 2 atom stereocenters. The quantitative estimate of drug-likeness (QED) is 0.276. The number of carbonyl (C=O) groups is 1. The molecule has 2 unspecified atom stereocenters. The first-order valence-electron chi connectivity index (χ1n) is 14.1. The second kappa shape index (κ2) is 15.5. The van der Waals surface area contributed by atoms with Crippen molar-refractivity contribution in [3.8, 4) is 0 Å². The maximum Gasteiger partial charge on any atom is 0.418 e. The van der Waals surface area contributed by atoms with Crippen molar-refractivity contribution >= 4 is 39.9 Å². The molecule has 1 fully saturated rings. The van der Waals surface area contributed by atoms with Crippen LogP contribution < -0.4 is 10.2 Å². The highest BCUT2D eigenvalue weighted by molar-refractivity contribution is 7.82. The third kappa shape index (κ3) is 9.85. The fraction of sp³-hybridized carbons (Fsp3) is 0.406. The summed E-state index contributed by atoms with van der Waals surface area (Å²) >= 11 is 6.12. The number of benzene rings is 3. The highest BCUT2D eigenvalue weighted by Crippen LogP contribution is 2.34. The molecule has 228 valence electrons. The number of amides is 1. The molecule has 0 aromatic heterocycles. The summed E-state index contributed by atoms with van der Waals surface area (Å²) in [7, 11) is -1.10. The van der Waals surface area contributed by atoms with Gasteiger partial charge in [0.1, 0.15) is 11.0 Å². The molecule has 1 heterocycles. The summed E-state index contributed by atoms with van der Waals surface area (Å²) < 4.78 is 52.3. The first-order chi connectivity index (χ1) is 19.9. The number of halogens is 4. The molecule has 1 aliphatic rings. The third-order valence-corrected chi connectivity index (χ3v) is 9.04. The highest BCUT2D eigenvalue weighted by Gasteiger charge is 2.33. The second-order valence-electron chi connectivity index (χ2n) is 10.5. The van der Waals surface area contributed by atoms with Crippen LogP contribution in [-0.2, 0) is 28.4 Å². The zero-order chi connectivity index (χ0) is 30.9. The van der Waals surface area contributed by atoms with Crippen LogP contribution >= 0.6 is 11.6 Å². The predicted molar refractivity (Wildman–Crippen MR) is 166 cm³/mol. The van der Waals surface area contributed by atoms with Gasteiger partial charge in [0.05, 0.1) is 16.1 Å². The summed E-state index contributed by atoms with van der Waals surface area (Å²) in [6, 6.07) is 19.1. The Hall–Kier alpha value is -2.88. The zero-order valence-electron chi connectivity index (χ0n) is 24.5. The van der Waals surface area contributed by atoms with Crippen molar-refractivity contribution < 1.29 is 22.2 Å². The van der Waals surface area contributed by atoms with E-state index in [0.717, 1.165) is 67.1 Å². The van der Waals surface area contributed by atoms with E-state index in [0.29, 0.717) is 0 Å². The van der Waals surface area contributed by atoms with Crippen molar-refractivity contribution in [3.63, 3.8) is 0 Å². The number of rotatable bonds is 8. The smallest absolute Gasteiger partial charge is 0.369 e. The molecule has 1 amide bonds. The fourth-order valence-corrected chi connectivity index (χ4v) is 6.00. The van der Waals surface area contributed by atoms with E-state index in [1.165, 1.54) is 42.2 Å². The van der Waals surface area contributed by atoms with E-state index >= 15 is 0 Å². The number of anilines is 2. The Balaban J connectivity index is 0.000000291. The molecule has 0 aliphatic carbocycles. The minimum Gasteiger partial charge on any atom is -0.369 e. The van der Waals surface area contributed by atoms with Crippen LogP contribution in [0.1, 0.15) is 50.3 Å². The Kier molecular flexibility index (Phi) is 12.4. The van der Waals surface area contributed by atoms with Crippen LogP contribution in [0, 0.1) is 12.8 Å². The zero-order valence-corrected chi connectivity index (χ0v) is 26.1. The number of nitrogens with one attached hydrogen (secondary N) is 1. The van der Waals surface area contributed by atoms with Crippen molar-refractivity contribution in [1.82, 2.24) is 4.31 Å². The van der Waals surface area contributed by atoms with Crippen molar-refractivity contribution in [2.75, 3.05) is 36.4 Å². The van der Waals surface area contributed by atoms with Gasteiger partial charge < -0.3 is 10.2 Å². The average Bonchev–Trinajstić information content (AvgIpc) is 2.96. The van der Waals surface area contributed by atoms with Gasteiger partial charge in [-0.05, 0) is 79.3 Å². The van der Waals surface area contributed by atoms with Crippen LogP contribution in [0.4, 0.5) is 24.5 Å². The van der Waals surface area contributed by atoms with Crippen LogP contribution in [-0.4, -0.2) is 40.6 Å². The Morgan fingerprint density at radius 3 is 2.33 bits per heavy atom. The number of piperazine rings is 1. The molecule has 5 nitrogen and oxygen atoms in total. The van der Waals surface area contributed by atoms with Crippen molar-refractivity contribution in [2.24, 2.45) is 5.92 Å². The lowest BCUT2D eigenvalue weighted by molar-refractivity contribution is -0.137. The van der Waals surface area contributed by atoms with Gasteiger partial charge in [-0.2, -0.15) is 13.2 Å². The maximum atomic E-state index is 13.2. The minimum absolute atomic E-state index is 0.215. The van der Waals surface area contributed by atoms with E-state index < -0.39 is 28.6 Å². The van der Waals surface area contributed by atoms with E-state index in [2.05, 4.69) is 53.5 Å². The normalized spacial score (nSPS) is 15.4. The van der Waals surface area contributed by atoms with E-state index in [-0.39, 0.29) is 5.69 Å². The number of para-hydroxylation sites is 1. The molecular weight excluding hydrogens is 583 g/mol. The van der Waals surface area contributed by atoms with Gasteiger partial charge in [-0.1, -0.05) is 56.1 Å². The maximum absolute atomic E-state index is 13.2. The first kappa shape index (κ1) is 33.6. The van der Waals surface area contributed by atoms with Gasteiger partial charge in [0.2, 0.25) is 5.91 Å². The number of hydrogen-bond acceptors (Lipinski definition) is 3. The average molecular weight is 622 g/mol. The largest absolute Gasteiger partial charge is 0.418 e. The summed E-state index contributed by atoms with van der Waals surface area (Å²) in [6.45, 7) is 11.2. The van der Waals surface area contributed by atoms with Crippen LogP contribution in [0.15, 0.2) is 71.6 Å². The molecule has 1 aliphatic heterocycles. The molecule has 0 saturated carbocycles. The predicted octanol–water partition coefficient (Wildman–Crippen LogP) is 8.14. The van der Waals surface area contributed by atoms with Crippen molar-refractivity contribution in [2.45, 2.75) is 58.0 Å². The number of nitrogens with zero attached hydrogens (tertiary/aromatic N) is 2. The molecule has 42 heavy (non-hydrogen) atoms. The summed E-state index contributed by atoms with van der Waals surface area (Å²) in [6.07, 6.45) is -0.985. The third-order valence-electron chi connectivity index (χ3n) is 7.32. The lowest BCUT2D eigenvalue weighted by Crippen LogP contribution is -2.46. The van der Waals surface area contributed by atoms with Crippen LogP contribution in [0.3, 0.4) is 0 Å². The van der Waals surface area contributed by atoms with Gasteiger partial charge >= 0.3 is 6.18 Å². The topological polar surface area (TPSA) is 52.7 Å². The lowest BCUT2D eigenvalue weighted by atomic mass is 9.97. The Morgan fingerprint density at radius 1 is 1.02 bits per heavy atom. The summed E-state index contributed by atoms with van der Waals surface area (Å²) in [5.41, 5.74) is 2.72. The van der Waals surface area contributed by atoms with Crippen molar-refractivity contribution in [3.05, 3.63) is 88.4 Å². The number of hydrogen-bond donors (Lipinski definition) is 1. The molecule has 1 saturated heterocycles. The molecule has 0 spiro atoms. The van der Waals surface area contributed by atoms with E-state index in [4.69, 9.17) is 11.6 Å². The number of alkyl halides is 3. The van der Waals surface area contributed by atoms with Gasteiger partial charge in [0, 0.05) is 43.8 Å². The molecule has 10 heteroatoms. The minimum atomic E-state index is -4.45. The fourth-order valence-electron chi connectivity index (χ4n) is 4.59. The molecular formula is C32H39ClF3N3O2S. The van der Waals surface area contributed by atoms with Gasteiger partial charge in [0.25, 0.3) is 0 Å². The first-order valence-corrected chi connectivity index (χ1v) is 15.6. The van der Waals surface area contributed by atoms with E-state index in [1.54, 1.807) is 0 Å². The van der Waals surface area contributed by atoms with Crippen LogP contribution in [0.25, 0.3) is 0 Å². The molecule has 3 aromatic rings. The second-order valence-corrected chi connectivity index (χ2v) is 12.4. The molecule has 4 rings (SSSR count). The molecule has 3 aromatic carbocycles. The SMILES string of the molecule is CC(=O)Nc1ccccc1C(F)(F)F.CCC(C)CCc1cc(S(=O)N2CCN(c3cccc(Cl)c3)CC2)ccc1C. The number of carbonyl (C=O) groups excluding carboxylic acids is 1. The Morgan fingerprint density at radius 2 is 1.71 bits per heavy atom. The van der Waals surface area contributed by atoms with E-state index in [9.17, 15) is 22.2 Å². The van der Waals surface area contributed by atoms with Crippen LogP contribution in [0.2, 0.25) is 5.02 Å². The summed E-state index contributed by atoms with van der Waals surface area (Å²) in [5.74, 6) is 0.204. The van der Waals surface area contributed by atoms with Crippen molar-refractivity contribution in [1.29, 1.82) is 0 Å². The summed E-state index contributed by atoms with van der Waals surface area (Å²) in [4.78, 5) is 13.9. The summed E-state index contributed by atoms with van der Waals surface area (Å²) in [5, 5.41) is 2.88. The van der Waals surface area contributed by atoms with Gasteiger partial charge in [0.15, 0.2) is 0 Å². The molecule has 1 N–H and O–H groups in total. The van der Waals surface area contributed by atoms with Gasteiger partial charge in [-0.25, -0.2) is 8.51 Å². The monoisotopic (exact) mass is 621 g/mol. The Bertz CT molecular complexity index is 1360. The standard InChI is InChI=1S/C23H31ClN2OS.C9H8F3NO/c1-4-18(2)8-10-20-16-23(11-9-19(20)3)28(27)26-14-12-25(13-15-26)22-7-5-6-21(24)17-22;1-6(14)13-8-5-3-2-4-7(8)9(10,11)12/h5-7,9,11,16-18H,4,8,10,12-15H2,1-3H3;2-5H,1H3,(H,13,14).